The summed E-state index contributed by atoms with van der Waals surface area (Å²) >= 11 is 4.96. The van der Waals surface area contributed by atoms with E-state index >= 15 is 0 Å². The van der Waals surface area contributed by atoms with Crippen molar-refractivity contribution in [3.63, 3.8) is 0 Å². The first-order valence-corrected chi connectivity index (χ1v) is 17.0. The molecule has 2 aromatic carbocycles. The fourth-order valence-electron chi connectivity index (χ4n) is 4.96. The molecule has 0 N–H and O–H groups in total. The number of carbonyl (C=O) groups is 2. The molecule has 2 fully saturated rings. The van der Waals surface area contributed by atoms with Crippen molar-refractivity contribution in [2.24, 2.45) is 0 Å². The van der Waals surface area contributed by atoms with E-state index in [-0.39, 0.29) is 56.0 Å². The molecule has 2 aliphatic heterocycles. The first-order chi connectivity index (χ1) is 20.3. The van der Waals surface area contributed by atoms with Gasteiger partial charge in [0.1, 0.15) is 0 Å². The number of sulfonamides is 1. The van der Waals surface area contributed by atoms with Gasteiger partial charge in [0, 0.05) is 62.4 Å². The lowest BCUT2D eigenvalue weighted by Gasteiger charge is -2.33. The Kier molecular flexibility index (Phi) is 11.8. The van der Waals surface area contributed by atoms with Gasteiger partial charge in [-0.2, -0.15) is 4.31 Å². The number of carbonyl (C=O) groups excluding carboxylic acids is 2. The monoisotopic (exact) mass is 715 g/mol. The highest BCUT2D eigenvalue weighted by Crippen LogP contribution is 2.32. The number of piperazine rings is 1. The summed E-state index contributed by atoms with van der Waals surface area (Å²) in [5, 5.41) is 0.603. The first-order valence-electron chi connectivity index (χ1n) is 14.0. The fourth-order valence-corrected chi connectivity index (χ4v) is 7.93. The van der Waals surface area contributed by atoms with Crippen LogP contribution in [-0.2, 0) is 19.5 Å². The van der Waals surface area contributed by atoms with Crippen molar-refractivity contribution in [3.8, 4) is 0 Å². The van der Waals surface area contributed by atoms with Crippen LogP contribution in [0.25, 0.3) is 10.2 Å². The van der Waals surface area contributed by atoms with Crippen LogP contribution in [0, 0.1) is 0 Å². The molecule has 0 bridgehead atoms. The predicted molar refractivity (Wildman–Crippen MR) is 172 cm³/mol. The molecule has 2 saturated heterocycles. The molecule has 0 aliphatic carbocycles. The number of nitrogens with zero attached hydrogens (tertiary/aromatic N) is 5. The minimum absolute atomic E-state index is 0. The van der Waals surface area contributed by atoms with Gasteiger partial charge >= 0.3 is 6.09 Å². The van der Waals surface area contributed by atoms with Crippen LogP contribution in [0.1, 0.15) is 23.7 Å². The van der Waals surface area contributed by atoms with Crippen molar-refractivity contribution in [2.75, 3.05) is 77.1 Å². The lowest BCUT2D eigenvalue weighted by molar-refractivity contribution is 0.0376. The number of hydrogen-bond acceptors (Lipinski definition) is 9. The molecule has 0 unspecified atom stereocenters. The summed E-state index contributed by atoms with van der Waals surface area (Å²) in [7, 11) is -3.79. The predicted octanol–water partition coefficient (Wildman–Crippen LogP) is 4.31. The fraction of sp³-hybridized carbons (Fsp3) is 0.464. The van der Waals surface area contributed by atoms with Gasteiger partial charge in [-0.3, -0.25) is 14.6 Å². The Morgan fingerprint density at radius 3 is 2.42 bits per heavy atom. The zero-order valence-corrected chi connectivity index (χ0v) is 27.9. The van der Waals surface area contributed by atoms with Gasteiger partial charge in [-0.15, -0.1) is 12.4 Å². The Labute approximate surface area is 270 Å². The summed E-state index contributed by atoms with van der Waals surface area (Å²) in [6.07, 6.45) is 0.322. The highest BCUT2D eigenvalue weighted by atomic mass is 79.9. The number of amides is 2. The summed E-state index contributed by atoms with van der Waals surface area (Å²) in [6, 6.07) is 11.9. The van der Waals surface area contributed by atoms with Gasteiger partial charge in [-0.1, -0.05) is 27.3 Å². The number of benzene rings is 2. The number of thiazole rings is 1. The number of fused-ring (bicyclic) bond motifs is 1. The second-order valence-corrected chi connectivity index (χ2v) is 13.8. The Hall–Kier alpha value is -2.33. The van der Waals surface area contributed by atoms with Crippen LogP contribution < -0.4 is 4.90 Å². The number of rotatable bonds is 9. The maximum absolute atomic E-state index is 13.8. The second-order valence-electron chi connectivity index (χ2n) is 9.99. The van der Waals surface area contributed by atoms with Gasteiger partial charge < -0.3 is 14.4 Å². The summed E-state index contributed by atoms with van der Waals surface area (Å²) in [5.41, 5.74) is 1.20. The number of anilines is 1. The topological polar surface area (TPSA) is 113 Å². The molecule has 3 heterocycles. The number of halogens is 2. The molecule has 1 aromatic heterocycles. The Bertz CT molecular complexity index is 1510. The Morgan fingerprint density at radius 2 is 1.74 bits per heavy atom. The zero-order valence-electron chi connectivity index (χ0n) is 23.8. The van der Waals surface area contributed by atoms with Crippen LogP contribution in [0.3, 0.4) is 0 Å². The Morgan fingerprint density at radius 1 is 1.05 bits per heavy atom. The molecule has 11 nitrogen and oxygen atoms in total. The third-order valence-corrected chi connectivity index (χ3v) is 10.7. The average Bonchev–Trinajstić information content (AvgIpc) is 3.42. The first kappa shape index (κ1) is 33.6. The van der Waals surface area contributed by atoms with E-state index in [1.54, 1.807) is 24.0 Å². The lowest BCUT2D eigenvalue weighted by Crippen LogP contribution is -2.50. The molecule has 2 aliphatic rings. The summed E-state index contributed by atoms with van der Waals surface area (Å²) in [5.74, 6) is -0.234. The molecular formula is C28H35BrClN5O6S2. The van der Waals surface area contributed by atoms with Gasteiger partial charge in [0.05, 0.1) is 34.9 Å². The molecule has 3 aromatic rings. The maximum atomic E-state index is 13.8. The average molecular weight is 717 g/mol. The molecule has 2 amide bonds. The summed E-state index contributed by atoms with van der Waals surface area (Å²) in [6.45, 7) is 7.34. The SMILES string of the molecule is CCOC(=O)N1CCN(S(=O)(=O)c2ccc(C(=O)N(CCCN3CCOCC3)c3nc4ccc(Br)cc4s3)cc2)CC1.Cl. The van der Waals surface area contributed by atoms with E-state index in [2.05, 4.69) is 20.8 Å². The number of morpholine rings is 1. The lowest BCUT2D eigenvalue weighted by atomic mass is 10.2. The zero-order chi connectivity index (χ0) is 29.7. The van der Waals surface area contributed by atoms with Crippen LogP contribution in [0.5, 0.6) is 0 Å². The van der Waals surface area contributed by atoms with Crippen molar-refractivity contribution < 1.29 is 27.5 Å². The highest BCUT2D eigenvalue weighted by Gasteiger charge is 2.31. The molecule has 234 valence electrons. The molecular weight excluding hydrogens is 682 g/mol. The van der Waals surface area contributed by atoms with E-state index in [9.17, 15) is 18.0 Å². The van der Waals surface area contributed by atoms with Crippen molar-refractivity contribution in [2.45, 2.75) is 18.2 Å². The smallest absolute Gasteiger partial charge is 0.409 e. The van der Waals surface area contributed by atoms with E-state index < -0.39 is 16.1 Å². The van der Waals surface area contributed by atoms with Crippen LogP contribution in [0.2, 0.25) is 0 Å². The van der Waals surface area contributed by atoms with Gasteiger partial charge in [-0.05, 0) is 55.8 Å². The number of hydrogen-bond donors (Lipinski definition) is 0. The normalized spacial score (nSPS) is 16.6. The van der Waals surface area contributed by atoms with Gasteiger partial charge in [-0.25, -0.2) is 18.2 Å². The van der Waals surface area contributed by atoms with E-state index in [0.29, 0.717) is 30.5 Å². The van der Waals surface area contributed by atoms with E-state index in [0.717, 1.165) is 40.7 Å². The Balaban J connectivity index is 0.00000423. The number of aromatic nitrogens is 1. The van der Waals surface area contributed by atoms with E-state index in [4.69, 9.17) is 14.5 Å². The summed E-state index contributed by atoms with van der Waals surface area (Å²) < 4.78 is 40.4. The van der Waals surface area contributed by atoms with Crippen LogP contribution in [0.15, 0.2) is 51.8 Å². The van der Waals surface area contributed by atoms with Crippen molar-refractivity contribution in [1.82, 2.24) is 19.1 Å². The molecule has 0 radical (unpaired) electrons. The minimum atomic E-state index is -3.79. The van der Waals surface area contributed by atoms with Crippen LogP contribution in [-0.4, -0.2) is 112 Å². The number of ether oxygens (including phenoxy) is 2. The van der Waals surface area contributed by atoms with Gasteiger partial charge in [0.25, 0.3) is 5.91 Å². The largest absolute Gasteiger partial charge is 0.450 e. The van der Waals surface area contributed by atoms with Crippen LogP contribution in [0.4, 0.5) is 9.93 Å². The van der Waals surface area contributed by atoms with Crippen molar-refractivity contribution in [3.05, 3.63) is 52.5 Å². The molecule has 15 heteroatoms. The molecule has 0 saturated carbocycles. The second kappa shape index (κ2) is 15.1. The third-order valence-electron chi connectivity index (χ3n) is 7.28. The van der Waals surface area contributed by atoms with E-state index in [1.165, 1.54) is 32.7 Å². The van der Waals surface area contributed by atoms with Crippen LogP contribution >= 0.6 is 39.7 Å². The molecule has 0 spiro atoms. The minimum Gasteiger partial charge on any atom is -0.450 e. The maximum Gasteiger partial charge on any atom is 0.409 e. The molecule has 0 atom stereocenters. The highest BCUT2D eigenvalue weighted by molar-refractivity contribution is 9.10. The quantitative estimate of drug-likeness (QED) is 0.322. The van der Waals surface area contributed by atoms with E-state index in [1.807, 2.05) is 18.2 Å². The molecule has 43 heavy (non-hydrogen) atoms. The molecule has 5 rings (SSSR count). The van der Waals surface area contributed by atoms with Crippen molar-refractivity contribution >= 4 is 77.0 Å². The van der Waals surface area contributed by atoms with Gasteiger partial charge in [0.15, 0.2) is 5.13 Å². The standard InChI is InChI=1S/C28H34BrN5O6S2.ClH/c1-2-40-28(36)32-12-14-33(15-13-32)42(37,38)23-7-4-21(5-8-23)26(35)34(11-3-10-31-16-18-39-19-17-31)27-30-24-9-6-22(29)20-25(24)41-27;/h4-9,20H,2-3,10-19H2,1H3;1H. The third kappa shape index (κ3) is 8.04. The summed E-state index contributed by atoms with van der Waals surface area (Å²) in [4.78, 5) is 36.2. The van der Waals surface area contributed by atoms with Gasteiger partial charge in [0.2, 0.25) is 10.0 Å². The van der Waals surface area contributed by atoms with Crippen molar-refractivity contribution in [1.29, 1.82) is 0 Å².